The van der Waals surface area contributed by atoms with E-state index in [0.29, 0.717) is 17.7 Å². The largest absolute Gasteiger partial charge is 0.504 e. The molecule has 6 nitrogen and oxygen atoms in total. The zero-order chi connectivity index (χ0) is 17.9. The van der Waals surface area contributed by atoms with Gasteiger partial charge >= 0.3 is 0 Å². The summed E-state index contributed by atoms with van der Waals surface area (Å²) in [6.07, 6.45) is 5.18. The summed E-state index contributed by atoms with van der Waals surface area (Å²) in [5.74, 6) is 0.856. The van der Waals surface area contributed by atoms with Crippen molar-refractivity contribution in [1.82, 2.24) is 4.90 Å². The molecule has 2 aliphatic heterocycles. The number of aliphatic hydroxyl groups excluding tert-OH is 1. The summed E-state index contributed by atoms with van der Waals surface area (Å²) < 4.78 is 6.09. The minimum atomic E-state index is -0.594. The van der Waals surface area contributed by atoms with Crippen molar-refractivity contribution in [3.63, 3.8) is 0 Å². The van der Waals surface area contributed by atoms with E-state index in [2.05, 4.69) is 23.8 Å². The van der Waals surface area contributed by atoms with Gasteiger partial charge in [-0.25, -0.2) is 0 Å². The van der Waals surface area contributed by atoms with Gasteiger partial charge in [0, 0.05) is 29.9 Å². The molecule has 1 amide bonds. The Bertz CT molecular complexity index is 758. The third kappa shape index (κ3) is 2.14. The van der Waals surface area contributed by atoms with Gasteiger partial charge in [0.25, 0.3) is 0 Å². The molecule has 1 aromatic rings. The lowest BCUT2D eigenvalue weighted by Crippen LogP contribution is -2.64. The molecule has 2 bridgehead atoms. The summed E-state index contributed by atoms with van der Waals surface area (Å²) in [4.78, 5) is 11.7. The Labute approximate surface area is 146 Å². The number of phenolic OH excluding ortho intramolecular Hbond substituents is 1. The Morgan fingerprint density at radius 3 is 2.84 bits per heavy atom. The summed E-state index contributed by atoms with van der Waals surface area (Å²) in [7, 11) is 2.19. The smallest absolute Gasteiger partial charge is 0.214 e. The van der Waals surface area contributed by atoms with Crippen LogP contribution in [0.4, 0.5) is 0 Å². The van der Waals surface area contributed by atoms with Gasteiger partial charge in [0.1, 0.15) is 12.2 Å². The molecular weight excluding hydrogens is 320 g/mol. The fourth-order valence-corrected chi connectivity index (χ4v) is 5.24. The molecule has 0 unspecified atom stereocenters. The maximum absolute atomic E-state index is 10.4. The molecule has 1 fully saturated rings. The van der Waals surface area contributed by atoms with Crippen molar-refractivity contribution in [1.29, 1.82) is 0 Å². The van der Waals surface area contributed by atoms with Crippen molar-refractivity contribution in [3.05, 3.63) is 35.4 Å². The number of likely N-dealkylation sites (N-methyl/N-ethyl adjacent to an activating group) is 1. The van der Waals surface area contributed by atoms with Gasteiger partial charge in [-0.05, 0) is 38.1 Å². The molecule has 134 valence electrons. The quantitative estimate of drug-likeness (QED) is 0.602. The van der Waals surface area contributed by atoms with Crippen LogP contribution in [0.3, 0.4) is 0 Å². The first-order chi connectivity index (χ1) is 11.9. The van der Waals surface area contributed by atoms with Crippen molar-refractivity contribution in [2.24, 2.45) is 11.7 Å². The second-order valence-corrected chi connectivity index (χ2v) is 7.54. The zero-order valence-electron chi connectivity index (χ0n) is 14.5. The Balaban J connectivity index is 0.000000358. The summed E-state index contributed by atoms with van der Waals surface area (Å²) in [5.41, 5.74) is 6.76. The molecule has 1 saturated heterocycles. The highest BCUT2D eigenvalue weighted by atomic mass is 16.5. The second-order valence-electron chi connectivity index (χ2n) is 7.54. The van der Waals surface area contributed by atoms with E-state index < -0.39 is 6.10 Å². The van der Waals surface area contributed by atoms with Crippen LogP contribution in [0.5, 0.6) is 11.5 Å². The molecule has 4 N–H and O–H groups in total. The number of benzene rings is 1. The van der Waals surface area contributed by atoms with E-state index in [-0.39, 0.29) is 23.2 Å². The third-order valence-corrected chi connectivity index (χ3v) is 6.15. The number of likely N-dealkylation sites (tertiary alicyclic amines) is 1. The number of hydrogen-bond acceptors (Lipinski definition) is 5. The molecule has 5 atom stereocenters. The van der Waals surface area contributed by atoms with Crippen molar-refractivity contribution >= 4 is 5.91 Å². The maximum Gasteiger partial charge on any atom is 0.214 e. The Hall–Kier alpha value is -2.05. The molecule has 1 aromatic carbocycles. The van der Waals surface area contributed by atoms with Gasteiger partial charge in [-0.15, -0.1) is 0 Å². The van der Waals surface area contributed by atoms with E-state index in [9.17, 15) is 15.0 Å². The van der Waals surface area contributed by atoms with Crippen LogP contribution in [0.15, 0.2) is 24.3 Å². The van der Waals surface area contributed by atoms with E-state index in [1.807, 2.05) is 12.1 Å². The lowest BCUT2D eigenvalue weighted by molar-refractivity contribution is -0.115. The van der Waals surface area contributed by atoms with E-state index >= 15 is 0 Å². The number of phenols is 1. The minimum absolute atomic E-state index is 0.160. The first kappa shape index (κ1) is 16.4. The molecule has 4 aliphatic rings. The van der Waals surface area contributed by atoms with Crippen LogP contribution in [0.2, 0.25) is 0 Å². The SMILES string of the molecule is CC(N)=O.CN1CC[C@]23c4c5ccc(O)c4O[C@H]2[C@@H](O)C=C[C@H]3[C@H]1C5. The van der Waals surface area contributed by atoms with Crippen molar-refractivity contribution in [3.8, 4) is 11.5 Å². The first-order valence-electron chi connectivity index (χ1n) is 8.71. The molecule has 0 radical (unpaired) electrons. The standard InChI is InChI=1S/C17H19NO3.C2H5NO/c1-18-7-6-17-10-3-5-13(20)16(17)21-15-12(19)4-2-9(14(15)17)8-11(10)18;1-2(3)4/h2-5,10-11,13,16,19-20H,6-8H2,1H3;1H3,(H2,3,4)/t10-,11+,13-,16-,17-;/m0./s1. The number of hydrogen-bond donors (Lipinski definition) is 3. The fraction of sp³-hybridized carbons (Fsp3) is 0.526. The van der Waals surface area contributed by atoms with Crippen LogP contribution >= 0.6 is 0 Å². The topological polar surface area (TPSA) is 96.0 Å². The second kappa shape index (κ2) is 5.47. The summed E-state index contributed by atoms with van der Waals surface area (Å²) >= 11 is 0. The molecule has 6 heteroatoms. The van der Waals surface area contributed by atoms with Gasteiger partial charge in [-0.3, -0.25) is 4.79 Å². The summed E-state index contributed by atoms with van der Waals surface area (Å²) in [6, 6.07) is 4.23. The maximum atomic E-state index is 10.4. The van der Waals surface area contributed by atoms with Crippen LogP contribution in [0.1, 0.15) is 24.5 Å². The van der Waals surface area contributed by atoms with Gasteiger partial charge in [-0.1, -0.05) is 18.2 Å². The number of rotatable bonds is 0. The molecule has 1 spiro atoms. The monoisotopic (exact) mass is 344 g/mol. The predicted octanol–water partition coefficient (Wildman–Crippen LogP) is 0.690. The van der Waals surface area contributed by atoms with Crippen LogP contribution in [-0.4, -0.2) is 52.9 Å². The molecular formula is C19H24N2O4. The number of nitrogens with zero attached hydrogens (tertiary/aromatic N) is 1. The number of carbonyl (C=O) groups is 1. The van der Waals surface area contributed by atoms with E-state index in [1.165, 1.54) is 18.1 Å². The number of carbonyl (C=O) groups excluding carboxylic acids is 1. The lowest BCUT2D eigenvalue weighted by Gasteiger charge is -2.56. The number of nitrogens with two attached hydrogens (primary N) is 1. The third-order valence-electron chi connectivity index (χ3n) is 6.15. The number of aromatic hydroxyl groups is 1. The summed E-state index contributed by atoms with van der Waals surface area (Å²) in [6.45, 7) is 2.32. The average molecular weight is 344 g/mol. The molecule has 2 heterocycles. The predicted molar refractivity (Wildman–Crippen MR) is 92.4 cm³/mol. The summed E-state index contributed by atoms with van der Waals surface area (Å²) in [5, 5.41) is 20.6. The number of amides is 1. The van der Waals surface area contributed by atoms with Crippen LogP contribution in [-0.2, 0) is 16.6 Å². The highest BCUT2D eigenvalue weighted by Gasteiger charge is 2.64. The van der Waals surface area contributed by atoms with Gasteiger partial charge in [-0.2, -0.15) is 0 Å². The van der Waals surface area contributed by atoms with E-state index in [4.69, 9.17) is 4.74 Å². The van der Waals surface area contributed by atoms with Gasteiger partial charge < -0.3 is 25.6 Å². The highest BCUT2D eigenvalue weighted by Crippen LogP contribution is 2.62. The zero-order valence-corrected chi connectivity index (χ0v) is 14.5. The van der Waals surface area contributed by atoms with Crippen LogP contribution in [0.25, 0.3) is 0 Å². The van der Waals surface area contributed by atoms with Gasteiger partial charge in [0.15, 0.2) is 11.5 Å². The Kier molecular flexibility index (Phi) is 3.60. The normalized spacial score (nSPS) is 36.8. The van der Waals surface area contributed by atoms with E-state index in [0.717, 1.165) is 19.4 Å². The first-order valence-corrected chi connectivity index (χ1v) is 8.71. The highest BCUT2D eigenvalue weighted by molar-refractivity contribution is 5.70. The number of ether oxygens (including phenoxy) is 1. The van der Waals surface area contributed by atoms with Gasteiger partial charge in [0.05, 0.1) is 0 Å². The van der Waals surface area contributed by atoms with Crippen molar-refractivity contribution in [2.75, 3.05) is 13.6 Å². The molecule has 25 heavy (non-hydrogen) atoms. The van der Waals surface area contributed by atoms with Crippen molar-refractivity contribution in [2.45, 2.75) is 43.4 Å². The van der Waals surface area contributed by atoms with Crippen LogP contribution in [0, 0.1) is 5.92 Å². The molecule has 0 aromatic heterocycles. The number of aliphatic hydroxyl groups is 1. The average Bonchev–Trinajstić information content (AvgIpc) is 2.90. The number of primary amides is 1. The Morgan fingerprint density at radius 2 is 2.12 bits per heavy atom. The lowest BCUT2D eigenvalue weighted by atomic mass is 9.53. The molecule has 5 rings (SSSR count). The molecule has 0 saturated carbocycles. The Morgan fingerprint density at radius 1 is 1.40 bits per heavy atom. The number of piperidine rings is 1. The van der Waals surface area contributed by atoms with Gasteiger partial charge in [0.2, 0.25) is 5.91 Å². The van der Waals surface area contributed by atoms with Crippen LogP contribution < -0.4 is 10.5 Å². The van der Waals surface area contributed by atoms with Crippen molar-refractivity contribution < 1.29 is 19.7 Å². The molecule has 2 aliphatic carbocycles. The van der Waals surface area contributed by atoms with E-state index in [1.54, 1.807) is 6.07 Å². The fourth-order valence-electron chi connectivity index (χ4n) is 5.24. The minimum Gasteiger partial charge on any atom is -0.504 e.